The molecule has 1 aromatic carbocycles. The number of aromatic nitrogens is 3. The molecule has 0 aliphatic carbocycles. The van der Waals surface area contributed by atoms with Crippen LogP contribution in [-0.2, 0) is 5.41 Å². The van der Waals surface area contributed by atoms with Crippen LogP contribution in [0.15, 0.2) is 42.6 Å². The Hall–Kier alpha value is -2.69. The van der Waals surface area contributed by atoms with Crippen molar-refractivity contribution >= 4 is 11.6 Å². The summed E-state index contributed by atoms with van der Waals surface area (Å²) >= 11 is 0. The number of aromatic carboxylic acids is 1. The van der Waals surface area contributed by atoms with Gasteiger partial charge in [0, 0.05) is 23.2 Å². The molecule has 0 radical (unpaired) electrons. The average Bonchev–Trinajstić information content (AvgIpc) is 2.89. The van der Waals surface area contributed by atoms with Crippen LogP contribution in [0.2, 0.25) is 0 Å². The van der Waals surface area contributed by atoms with Crippen LogP contribution in [0.4, 0.5) is 0 Å². The molecule has 0 amide bonds. The van der Waals surface area contributed by atoms with Crippen molar-refractivity contribution in [3.05, 3.63) is 53.9 Å². The van der Waals surface area contributed by atoms with Gasteiger partial charge in [0.25, 0.3) is 0 Å². The van der Waals surface area contributed by atoms with Gasteiger partial charge in [0.15, 0.2) is 5.65 Å². The molecule has 0 saturated carbocycles. The Morgan fingerprint density at radius 1 is 1.18 bits per heavy atom. The van der Waals surface area contributed by atoms with E-state index in [1.807, 2.05) is 57.2 Å². The fourth-order valence-corrected chi connectivity index (χ4v) is 2.56. The van der Waals surface area contributed by atoms with Gasteiger partial charge in [-0.25, -0.2) is 14.3 Å². The van der Waals surface area contributed by atoms with Gasteiger partial charge < -0.3 is 5.11 Å². The van der Waals surface area contributed by atoms with Gasteiger partial charge in [0.2, 0.25) is 0 Å². The van der Waals surface area contributed by atoms with E-state index in [4.69, 9.17) is 0 Å². The normalized spacial score (nSPS) is 11.8. The van der Waals surface area contributed by atoms with Crippen molar-refractivity contribution in [1.29, 1.82) is 0 Å². The van der Waals surface area contributed by atoms with E-state index in [2.05, 4.69) is 10.1 Å². The molecular weight excluding hydrogens is 278 g/mol. The third-order valence-corrected chi connectivity index (χ3v) is 3.49. The highest BCUT2D eigenvalue weighted by Gasteiger charge is 2.26. The quantitative estimate of drug-likeness (QED) is 0.787. The summed E-state index contributed by atoms with van der Waals surface area (Å²) in [5.74, 6) is -0.990. The fraction of sp³-hybridized carbons (Fsp3) is 0.235. The Kier molecular flexibility index (Phi) is 3.20. The van der Waals surface area contributed by atoms with Crippen molar-refractivity contribution in [2.45, 2.75) is 26.2 Å². The van der Waals surface area contributed by atoms with Crippen LogP contribution in [0.25, 0.3) is 16.9 Å². The average molecular weight is 295 g/mol. The molecule has 3 aromatic rings. The summed E-state index contributed by atoms with van der Waals surface area (Å²) in [6.45, 7) is 5.91. The Morgan fingerprint density at radius 2 is 1.86 bits per heavy atom. The molecule has 0 bridgehead atoms. The summed E-state index contributed by atoms with van der Waals surface area (Å²) in [5, 5.41) is 14.0. The summed E-state index contributed by atoms with van der Waals surface area (Å²) in [6.07, 6.45) is 1.41. The molecule has 5 nitrogen and oxygen atoms in total. The van der Waals surface area contributed by atoms with Gasteiger partial charge in [-0.1, -0.05) is 51.1 Å². The van der Waals surface area contributed by atoms with Crippen LogP contribution in [0, 0.1) is 0 Å². The van der Waals surface area contributed by atoms with E-state index in [-0.39, 0.29) is 11.0 Å². The van der Waals surface area contributed by atoms with Crippen LogP contribution in [0.3, 0.4) is 0 Å². The SMILES string of the molecule is CC(C)(C)c1c(C(=O)O)cnc2cc(-c3ccccc3)nn12. The maximum Gasteiger partial charge on any atom is 0.339 e. The Bertz CT molecular complexity index is 845. The van der Waals surface area contributed by atoms with Crippen LogP contribution in [0.5, 0.6) is 0 Å². The molecule has 1 N–H and O–H groups in total. The van der Waals surface area contributed by atoms with Crippen molar-refractivity contribution in [3.63, 3.8) is 0 Å². The summed E-state index contributed by atoms with van der Waals surface area (Å²) < 4.78 is 1.64. The number of rotatable bonds is 2. The van der Waals surface area contributed by atoms with Crippen LogP contribution in [-0.4, -0.2) is 25.7 Å². The molecule has 5 heteroatoms. The van der Waals surface area contributed by atoms with Crippen molar-refractivity contribution in [2.75, 3.05) is 0 Å². The maximum absolute atomic E-state index is 11.5. The molecular formula is C17H17N3O2. The maximum atomic E-state index is 11.5. The van der Waals surface area contributed by atoms with E-state index in [0.29, 0.717) is 11.3 Å². The highest BCUT2D eigenvalue weighted by atomic mass is 16.4. The van der Waals surface area contributed by atoms with Gasteiger partial charge in [-0.05, 0) is 0 Å². The van der Waals surface area contributed by atoms with E-state index >= 15 is 0 Å². The van der Waals surface area contributed by atoms with Gasteiger partial charge in [-0.3, -0.25) is 0 Å². The second kappa shape index (κ2) is 4.94. The fourth-order valence-electron chi connectivity index (χ4n) is 2.56. The van der Waals surface area contributed by atoms with Crippen molar-refractivity contribution < 1.29 is 9.90 Å². The van der Waals surface area contributed by atoms with Crippen LogP contribution >= 0.6 is 0 Å². The van der Waals surface area contributed by atoms with E-state index in [1.165, 1.54) is 6.20 Å². The lowest BCUT2D eigenvalue weighted by atomic mass is 9.89. The molecule has 2 aromatic heterocycles. The molecule has 0 atom stereocenters. The van der Waals surface area contributed by atoms with Gasteiger partial charge in [0.05, 0.1) is 17.0 Å². The standard InChI is InChI=1S/C17H17N3O2/c1-17(2,3)15-12(16(21)22)10-18-14-9-13(19-20(14)15)11-7-5-4-6-8-11/h4-10H,1-3H3,(H,21,22). The second-order valence-electron chi connectivity index (χ2n) is 6.24. The largest absolute Gasteiger partial charge is 0.478 e. The summed E-state index contributed by atoms with van der Waals surface area (Å²) in [6, 6.07) is 11.6. The molecule has 0 aliphatic rings. The third kappa shape index (κ3) is 2.35. The van der Waals surface area contributed by atoms with Gasteiger partial charge in [-0.15, -0.1) is 0 Å². The highest BCUT2D eigenvalue weighted by Crippen LogP contribution is 2.28. The first-order valence-electron chi connectivity index (χ1n) is 7.06. The number of benzene rings is 1. The summed E-state index contributed by atoms with van der Waals surface area (Å²) in [7, 11) is 0. The monoisotopic (exact) mass is 295 g/mol. The first-order valence-corrected chi connectivity index (χ1v) is 7.06. The van der Waals surface area contributed by atoms with Crippen molar-refractivity contribution in [3.8, 4) is 11.3 Å². The Balaban J connectivity index is 2.31. The molecule has 0 unspecified atom stereocenters. The number of carboxylic acids is 1. The number of hydrogen-bond donors (Lipinski definition) is 1. The number of carbonyl (C=O) groups is 1. The zero-order valence-corrected chi connectivity index (χ0v) is 12.7. The number of fused-ring (bicyclic) bond motifs is 1. The molecule has 0 spiro atoms. The zero-order chi connectivity index (χ0) is 15.9. The number of hydrogen-bond acceptors (Lipinski definition) is 3. The van der Waals surface area contributed by atoms with E-state index in [9.17, 15) is 9.90 Å². The zero-order valence-electron chi connectivity index (χ0n) is 12.7. The number of nitrogens with zero attached hydrogens (tertiary/aromatic N) is 3. The second-order valence-corrected chi connectivity index (χ2v) is 6.24. The Morgan fingerprint density at radius 3 is 2.45 bits per heavy atom. The third-order valence-electron chi connectivity index (χ3n) is 3.49. The molecule has 2 heterocycles. The molecule has 112 valence electrons. The van der Waals surface area contributed by atoms with E-state index in [1.54, 1.807) is 4.52 Å². The first kappa shape index (κ1) is 14.3. The highest BCUT2D eigenvalue weighted by molar-refractivity contribution is 5.89. The lowest BCUT2D eigenvalue weighted by molar-refractivity contribution is 0.0692. The lowest BCUT2D eigenvalue weighted by Gasteiger charge is -2.21. The van der Waals surface area contributed by atoms with Gasteiger partial charge >= 0.3 is 5.97 Å². The Labute approximate surface area is 128 Å². The van der Waals surface area contributed by atoms with Crippen molar-refractivity contribution in [1.82, 2.24) is 14.6 Å². The van der Waals surface area contributed by atoms with Crippen LogP contribution in [0.1, 0.15) is 36.8 Å². The van der Waals surface area contributed by atoms with E-state index in [0.717, 1.165) is 11.3 Å². The molecule has 3 rings (SSSR count). The minimum atomic E-state index is -0.990. The molecule has 22 heavy (non-hydrogen) atoms. The predicted molar refractivity (Wildman–Crippen MR) is 84.1 cm³/mol. The van der Waals surface area contributed by atoms with E-state index < -0.39 is 5.97 Å². The minimum Gasteiger partial charge on any atom is -0.478 e. The van der Waals surface area contributed by atoms with Gasteiger partial charge in [-0.2, -0.15) is 5.10 Å². The topological polar surface area (TPSA) is 67.5 Å². The van der Waals surface area contributed by atoms with Gasteiger partial charge in [0.1, 0.15) is 0 Å². The molecule has 0 saturated heterocycles. The molecule has 0 fully saturated rings. The van der Waals surface area contributed by atoms with Crippen molar-refractivity contribution in [2.24, 2.45) is 0 Å². The molecule has 0 aliphatic heterocycles. The summed E-state index contributed by atoms with van der Waals surface area (Å²) in [4.78, 5) is 15.8. The lowest BCUT2D eigenvalue weighted by Crippen LogP contribution is -2.22. The number of carboxylic acid groups (broad SMARTS) is 1. The van der Waals surface area contributed by atoms with Crippen LogP contribution < -0.4 is 0 Å². The minimum absolute atomic E-state index is 0.183. The summed E-state index contributed by atoms with van der Waals surface area (Å²) in [5.41, 5.74) is 2.86. The predicted octanol–water partition coefficient (Wildman–Crippen LogP) is 3.39. The smallest absolute Gasteiger partial charge is 0.339 e. The first-order chi connectivity index (χ1) is 10.4.